The third-order valence-corrected chi connectivity index (χ3v) is 5.73. The van der Waals surface area contributed by atoms with Crippen molar-refractivity contribution in [1.29, 1.82) is 0 Å². The lowest BCUT2D eigenvalue weighted by molar-refractivity contribution is -0.123. The zero-order chi connectivity index (χ0) is 24.5. The Kier molecular flexibility index (Phi) is 9.24. The van der Waals surface area contributed by atoms with Gasteiger partial charge < -0.3 is 10.1 Å². The number of halogens is 2. The number of nitrogens with one attached hydrogen (secondary N) is 2. The van der Waals surface area contributed by atoms with E-state index in [1.165, 1.54) is 6.21 Å². The Labute approximate surface area is 212 Å². The topological polar surface area (TPSA) is 79.8 Å². The van der Waals surface area contributed by atoms with E-state index < -0.39 is 11.9 Å². The summed E-state index contributed by atoms with van der Waals surface area (Å²) in [5.41, 5.74) is 4.68. The van der Waals surface area contributed by atoms with Crippen molar-refractivity contribution in [2.75, 3.05) is 0 Å². The van der Waals surface area contributed by atoms with Crippen LogP contribution in [0.4, 0.5) is 0 Å². The van der Waals surface area contributed by atoms with E-state index in [4.69, 9.17) is 16.3 Å². The number of rotatable bonds is 9. The molecular weight excluding hydrogens is 518 g/mol. The normalized spacial score (nSPS) is 11.9. The van der Waals surface area contributed by atoms with Gasteiger partial charge in [-0.05, 0) is 60.0 Å². The number of hydrogen-bond acceptors (Lipinski definition) is 4. The lowest BCUT2D eigenvalue weighted by Crippen LogP contribution is -2.48. The van der Waals surface area contributed by atoms with Crippen molar-refractivity contribution in [2.45, 2.75) is 26.5 Å². The number of para-hydroxylation sites is 1. The molecule has 1 atom stereocenters. The van der Waals surface area contributed by atoms with Gasteiger partial charge in [-0.25, -0.2) is 5.43 Å². The molecule has 0 spiro atoms. The van der Waals surface area contributed by atoms with Crippen LogP contribution < -0.4 is 15.5 Å². The van der Waals surface area contributed by atoms with E-state index in [9.17, 15) is 9.59 Å². The summed E-state index contributed by atoms with van der Waals surface area (Å²) in [6.45, 7) is 4.10. The summed E-state index contributed by atoms with van der Waals surface area (Å²) in [6.07, 6.45) is 1.52. The molecule has 1 unspecified atom stereocenters. The number of nitrogens with zero attached hydrogens (tertiary/aromatic N) is 1. The molecule has 0 aliphatic heterocycles. The minimum Gasteiger partial charge on any atom is -0.488 e. The lowest BCUT2D eigenvalue weighted by atomic mass is 10.0. The molecule has 2 amide bonds. The predicted molar refractivity (Wildman–Crippen MR) is 138 cm³/mol. The second-order valence-electron chi connectivity index (χ2n) is 7.89. The quantitative estimate of drug-likeness (QED) is 0.273. The molecule has 0 radical (unpaired) electrons. The minimum absolute atomic E-state index is 0.145. The molecular formula is C26H25BrClN3O3. The fourth-order valence-corrected chi connectivity index (χ4v) is 3.45. The maximum absolute atomic E-state index is 12.7. The van der Waals surface area contributed by atoms with Gasteiger partial charge in [0.05, 0.1) is 6.21 Å². The highest BCUT2D eigenvalue weighted by Crippen LogP contribution is 2.18. The third-order valence-electron chi connectivity index (χ3n) is 4.95. The second-order valence-corrected chi connectivity index (χ2v) is 9.24. The largest absolute Gasteiger partial charge is 0.488 e. The Morgan fingerprint density at radius 3 is 2.38 bits per heavy atom. The maximum Gasteiger partial charge on any atom is 0.262 e. The molecule has 3 aromatic rings. The van der Waals surface area contributed by atoms with Crippen LogP contribution in [0.3, 0.4) is 0 Å². The standard InChI is InChI=1S/C26H25BrClN3O3/c1-17(2)24(30-25(32)19-9-13-22(28)14-10-19)26(33)31-29-15-20-5-3-4-6-23(20)34-16-18-7-11-21(27)12-8-18/h3-15,17,24H,16H2,1-2H3,(H,30,32)(H,31,33). The Bertz CT molecular complexity index is 1150. The van der Waals surface area contributed by atoms with Gasteiger partial charge in [-0.15, -0.1) is 0 Å². The van der Waals surface area contributed by atoms with Gasteiger partial charge in [0.15, 0.2) is 0 Å². The highest BCUT2D eigenvalue weighted by atomic mass is 79.9. The molecule has 0 heterocycles. The molecule has 3 rings (SSSR count). The molecule has 176 valence electrons. The van der Waals surface area contributed by atoms with Crippen molar-refractivity contribution >= 4 is 45.6 Å². The van der Waals surface area contributed by atoms with Crippen molar-refractivity contribution in [1.82, 2.24) is 10.7 Å². The smallest absolute Gasteiger partial charge is 0.262 e. The van der Waals surface area contributed by atoms with Crippen LogP contribution in [-0.4, -0.2) is 24.1 Å². The monoisotopic (exact) mass is 541 g/mol. The van der Waals surface area contributed by atoms with Gasteiger partial charge in [0.1, 0.15) is 18.4 Å². The number of hydrazone groups is 1. The minimum atomic E-state index is -0.760. The van der Waals surface area contributed by atoms with Gasteiger partial charge in [-0.3, -0.25) is 9.59 Å². The van der Waals surface area contributed by atoms with Crippen molar-refractivity contribution in [3.63, 3.8) is 0 Å². The molecule has 2 N–H and O–H groups in total. The van der Waals surface area contributed by atoms with Gasteiger partial charge in [-0.1, -0.05) is 65.6 Å². The molecule has 0 aliphatic rings. The van der Waals surface area contributed by atoms with Crippen LogP contribution >= 0.6 is 27.5 Å². The van der Waals surface area contributed by atoms with Crippen LogP contribution in [0.25, 0.3) is 0 Å². The zero-order valence-corrected chi connectivity index (χ0v) is 21.1. The molecule has 0 fully saturated rings. The van der Waals surface area contributed by atoms with Crippen LogP contribution in [-0.2, 0) is 11.4 Å². The Balaban J connectivity index is 1.61. The van der Waals surface area contributed by atoms with E-state index >= 15 is 0 Å². The van der Waals surface area contributed by atoms with Gasteiger partial charge in [0, 0.05) is 20.6 Å². The molecule has 3 aromatic carbocycles. The second kappa shape index (κ2) is 12.3. The number of carbonyl (C=O) groups is 2. The average Bonchev–Trinajstić information content (AvgIpc) is 2.83. The highest BCUT2D eigenvalue weighted by Gasteiger charge is 2.24. The summed E-state index contributed by atoms with van der Waals surface area (Å²) in [5, 5.41) is 7.38. The molecule has 0 aromatic heterocycles. The summed E-state index contributed by atoms with van der Waals surface area (Å²) in [5.74, 6) is -0.282. The van der Waals surface area contributed by atoms with Crippen LogP contribution in [0, 0.1) is 5.92 Å². The van der Waals surface area contributed by atoms with E-state index in [1.54, 1.807) is 24.3 Å². The number of amides is 2. The first-order chi connectivity index (χ1) is 16.3. The summed E-state index contributed by atoms with van der Waals surface area (Å²) < 4.78 is 6.93. The predicted octanol–water partition coefficient (Wildman–Crippen LogP) is 5.59. The molecule has 0 saturated heterocycles. The van der Waals surface area contributed by atoms with E-state index in [2.05, 4.69) is 31.8 Å². The van der Waals surface area contributed by atoms with Crippen LogP contribution in [0.2, 0.25) is 5.02 Å². The molecule has 6 nitrogen and oxygen atoms in total. The van der Waals surface area contributed by atoms with E-state index in [-0.39, 0.29) is 11.8 Å². The van der Waals surface area contributed by atoms with E-state index in [0.717, 1.165) is 10.0 Å². The fourth-order valence-electron chi connectivity index (χ4n) is 3.06. The fraction of sp³-hybridized carbons (Fsp3) is 0.192. The summed E-state index contributed by atoms with van der Waals surface area (Å²) in [4.78, 5) is 25.3. The number of carbonyl (C=O) groups excluding carboxylic acids is 2. The zero-order valence-electron chi connectivity index (χ0n) is 18.8. The molecule has 8 heteroatoms. The van der Waals surface area contributed by atoms with Gasteiger partial charge in [-0.2, -0.15) is 5.10 Å². The lowest BCUT2D eigenvalue weighted by Gasteiger charge is -2.20. The summed E-state index contributed by atoms with van der Waals surface area (Å²) in [6, 6.07) is 21.0. The van der Waals surface area contributed by atoms with Crippen LogP contribution in [0.1, 0.15) is 35.3 Å². The van der Waals surface area contributed by atoms with Crippen molar-refractivity contribution < 1.29 is 14.3 Å². The molecule has 0 bridgehead atoms. The molecule has 0 saturated carbocycles. The summed E-state index contributed by atoms with van der Waals surface area (Å²) in [7, 11) is 0. The highest BCUT2D eigenvalue weighted by molar-refractivity contribution is 9.10. The number of benzene rings is 3. The van der Waals surface area contributed by atoms with Gasteiger partial charge in [0.2, 0.25) is 0 Å². The van der Waals surface area contributed by atoms with Crippen LogP contribution in [0.15, 0.2) is 82.4 Å². The Hall–Kier alpha value is -3.16. The van der Waals surface area contributed by atoms with Crippen molar-refractivity contribution in [3.8, 4) is 5.75 Å². The molecule has 34 heavy (non-hydrogen) atoms. The van der Waals surface area contributed by atoms with Crippen LogP contribution in [0.5, 0.6) is 5.75 Å². The third kappa shape index (κ3) is 7.43. The van der Waals surface area contributed by atoms with Gasteiger partial charge in [0.25, 0.3) is 11.8 Å². The molecule has 0 aliphatic carbocycles. The first kappa shape index (κ1) is 25.5. The first-order valence-corrected chi connectivity index (χ1v) is 11.9. The average molecular weight is 543 g/mol. The SMILES string of the molecule is CC(C)C(NC(=O)c1ccc(Cl)cc1)C(=O)NN=Cc1ccccc1OCc1ccc(Br)cc1. The Morgan fingerprint density at radius 1 is 1.03 bits per heavy atom. The Morgan fingerprint density at radius 2 is 1.71 bits per heavy atom. The van der Waals surface area contributed by atoms with E-state index in [1.807, 2.05) is 62.4 Å². The number of hydrogen-bond donors (Lipinski definition) is 2. The van der Waals surface area contributed by atoms with Gasteiger partial charge >= 0.3 is 0 Å². The number of ether oxygens (including phenoxy) is 1. The summed E-state index contributed by atoms with van der Waals surface area (Å²) >= 11 is 9.29. The van der Waals surface area contributed by atoms with E-state index in [0.29, 0.717) is 28.5 Å². The first-order valence-electron chi connectivity index (χ1n) is 10.7. The van der Waals surface area contributed by atoms with Crippen molar-refractivity contribution in [2.24, 2.45) is 11.0 Å². The van der Waals surface area contributed by atoms with Crippen molar-refractivity contribution in [3.05, 3.63) is 99.0 Å². The maximum atomic E-state index is 12.7.